The van der Waals surface area contributed by atoms with Gasteiger partial charge in [-0.05, 0) is 37.3 Å². The number of H-pyrrole nitrogens is 1. The first-order valence-electron chi connectivity index (χ1n) is 9.98. The number of methoxy groups -OCH3 is 2. The highest BCUT2D eigenvalue weighted by Crippen LogP contribution is 2.37. The van der Waals surface area contributed by atoms with Crippen molar-refractivity contribution < 1.29 is 23.8 Å². The normalized spacial score (nSPS) is 13.1. The molecule has 7 nitrogen and oxygen atoms in total. The van der Waals surface area contributed by atoms with E-state index in [0.29, 0.717) is 53.8 Å². The molecule has 0 fully saturated rings. The van der Waals surface area contributed by atoms with Gasteiger partial charge in [0.25, 0.3) is 5.91 Å². The fourth-order valence-electron chi connectivity index (χ4n) is 3.94. The molecule has 8 heteroatoms. The van der Waals surface area contributed by atoms with Crippen LogP contribution in [0.1, 0.15) is 38.9 Å². The Balaban J connectivity index is 1.66. The monoisotopic (exact) mass is 442 g/mol. The van der Waals surface area contributed by atoms with Crippen molar-refractivity contribution in [3.63, 3.8) is 0 Å². The van der Waals surface area contributed by atoms with E-state index in [4.69, 9.17) is 25.8 Å². The Kier molecular flexibility index (Phi) is 5.78. The molecule has 0 spiro atoms. The Morgan fingerprint density at radius 3 is 2.68 bits per heavy atom. The van der Waals surface area contributed by atoms with Crippen LogP contribution in [0, 0.1) is 0 Å². The Bertz CT molecular complexity index is 1170. The fraction of sp³-hybridized carbons (Fsp3) is 0.304. The first kappa shape index (κ1) is 21.1. The van der Waals surface area contributed by atoms with E-state index in [9.17, 15) is 9.59 Å². The van der Waals surface area contributed by atoms with Crippen LogP contribution >= 0.6 is 11.6 Å². The van der Waals surface area contributed by atoms with Crippen molar-refractivity contribution in [2.75, 3.05) is 27.4 Å². The second kappa shape index (κ2) is 8.51. The van der Waals surface area contributed by atoms with E-state index in [-0.39, 0.29) is 5.91 Å². The molecule has 0 unspecified atom stereocenters. The smallest absolute Gasteiger partial charge is 0.337 e. The van der Waals surface area contributed by atoms with Crippen molar-refractivity contribution in [1.82, 2.24) is 9.88 Å². The third kappa shape index (κ3) is 3.81. The van der Waals surface area contributed by atoms with Gasteiger partial charge in [-0.25, -0.2) is 4.79 Å². The van der Waals surface area contributed by atoms with Crippen molar-refractivity contribution in [3.05, 3.63) is 57.7 Å². The zero-order valence-corrected chi connectivity index (χ0v) is 18.3. The lowest BCUT2D eigenvalue weighted by atomic mass is 10.0. The van der Waals surface area contributed by atoms with Crippen LogP contribution in [0.3, 0.4) is 0 Å². The lowest BCUT2D eigenvalue weighted by Gasteiger charge is -2.27. The molecule has 1 aliphatic rings. The van der Waals surface area contributed by atoms with Crippen LogP contribution in [0.15, 0.2) is 30.3 Å². The van der Waals surface area contributed by atoms with E-state index in [1.54, 1.807) is 29.2 Å². The summed E-state index contributed by atoms with van der Waals surface area (Å²) in [6.45, 7) is 3.28. The van der Waals surface area contributed by atoms with Crippen molar-refractivity contribution in [2.45, 2.75) is 19.9 Å². The SMILES string of the molecule is CCOc1c(Cl)cc(C(=O)N2CCc3[nH]c4ccc(C(=O)OC)cc4c3C2)cc1OC. The Morgan fingerprint density at radius 2 is 1.97 bits per heavy atom. The zero-order valence-electron chi connectivity index (χ0n) is 17.6. The summed E-state index contributed by atoms with van der Waals surface area (Å²) in [5.74, 6) is 0.311. The molecular formula is C23H23ClN2O5. The fourth-order valence-corrected chi connectivity index (χ4v) is 4.21. The Labute approximate surface area is 184 Å². The van der Waals surface area contributed by atoms with E-state index in [2.05, 4.69) is 4.98 Å². The number of aromatic nitrogens is 1. The molecule has 2 aromatic carbocycles. The third-order valence-corrected chi connectivity index (χ3v) is 5.73. The van der Waals surface area contributed by atoms with E-state index < -0.39 is 5.97 Å². The standard InChI is InChI=1S/C23H23ClN2O5/c1-4-31-21-17(24)10-14(11-20(21)29-2)22(27)26-8-7-19-16(12-26)15-9-13(23(28)30-3)5-6-18(15)25-19/h5-6,9-11,25H,4,7-8,12H2,1-3H3. The molecule has 162 valence electrons. The second-order valence-corrected chi connectivity index (χ2v) is 7.64. The van der Waals surface area contributed by atoms with Crippen molar-refractivity contribution in [3.8, 4) is 11.5 Å². The maximum Gasteiger partial charge on any atom is 0.337 e. The number of carbonyl (C=O) groups is 2. The summed E-state index contributed by atoms with van der Waals surface area (Å²) < 4.78 is 15.7. The first-order chi connectivity index (χ1) is 15.0. The number of nitrogens with one attached hydrogen (secondary N) is 1. The minimum atomic E-state index is -0.392. The summed E-state index contributed by atoms with van der Waals surface area (Å²) in [5, 5.41) is 1.25. The Morgan fingerprint density at radius 1 is 1.16 bits per heavy atom. The van der Waals surface area contributed by atoms with Crippen LogP contribution in [-0.4, -0.2) is 49.1 Å². The summed E-state index contributed by atoms with van der Waals surface area (Å²) >= 11 is 6.35. The molecule has 1 N–H and O–H groups in total. The number of aromatic amines is 1. The van der Waals surface area contributed by atoms with Gasteiger partial charge in [0.1, 0.15) is 0 Å². The second-order valence-electron chi connectivity index (χ2n) is 7.23. The van der Waals surface area contributed by atoms with Gasteiger partial charge in [0.15, 0.2) is 11.5 Å². The zero-order chi connectivity index (χ0) is 22.1. The number of hydrogen-bond donors (Lipinski definition) is 1. The summed E-state index contributed by atoms with van der Waals surface area (Å²) in [7, 11) is 2.87. The lowest BCUT2D eigenvalue weighted by molar-refractivity contribution is 0.0600. The van der Waals surface area contributed by atoms with Crippen LogP contribution in [0.5, 0.6) is 11.5 Å². The quantitative estimate of drug-likeness (QED) is 0.598. The van der Waals surface area contributed by atoms with E-state index in [0.717, 1.165) is 22.2 Å². The molecule has 0 radical (unpaired) electrons. The molecule has 2 heterocycles. The van der Waals surface area contributed by atoms with Crippen molar-refractivity contribution >= 4 is 34.4 Å². The van der Waals surface area contributed by atoms with Gasteiger partial charge in [-0.1, -0.05) is 11.6 Å². The molecule has 0 saturated heterocycles. The summed E-state index contributed by atoms with van der Waals surface area (Å²) in [4.78, 5) is 30.4. The van der Waals surface area contributed by atoms with Crippen molar-refractivity contribution in [1.29, 1.82) is 0 Å². The van der Waals surface area contributed by atoms with E-state index in [1.807, 2.05) is 13.0 Å². The molecule has 4 rings (SSSR count). The number of amides is 1. The average Bonchev–Trinajstić information content (AvgIpc) is 3.16. The van der Waals surface area contributed by atoms with Gasteiger partial charge in [-0.2, -0.15) is 0 Å². The first-order valence-corrected chi connectivity index (χ1v) is 10.4. The van der Waals surface area contributed by atoms with Crippen molar-refractivity contribution in [2.24, 2.45) is 0 Å². The molecule has 3 aromatic rings. The molecule has 0 bridgehead atoms. The highest BCUT2D eigenvalue weighted by Gasteiger charge is 2.27. The molecule has 31 heavy (non-hydrogen) atoms. The maximum atomic E-state index is 13.3. The van der Waals surface area contributed by atoms with Gasteiger partial charge >= 0.3 is 5.97 Å². The molecule has 0 atom stereocenters. The van der Waals surface area contributed by atoms with Gasteiger partial charge in [0.05, 0.1) is 31.4 Å². The van der Waals surface area contributed by atoms with Gasteiger partial charge in [0, 0.05) is 47.2 Å². The van der Waals surface area contributed by atoms with Crippen LogP contribution < -0.4 is 9.47 Å². The van der Waals surface area contributed by atoms with Crippen LogP contribution in [-0.2, 0) is 17.7 Å². The molecule has 1 amide bonds. The van der Waals surface area contributed by atoms with Crippen LogP contribution in [0.4, 0.5) is 0 Å². The summed E-state index contributed by atoms with van der Waals surface area (Å²) in [6.07, 6.45) is 0.686. The van der Waals surface area contributed by atoms with E-state index in [1.165, 1.54) is 14.2 Å². The van der Waals surface area contributed by atoms with Gasteiger partial charge in [-0.3, -0.25) is 4.79 Å². The lowest BCUT2D eigenvalue weighted by Crippen LogP contribution is -2.35. The minimum Gasteiger partial charge on any atom is -0.493 e. The topological polar surface area (TPSA) is 80.9 Å². The maximum absolute atomic E-state index is 13.3. The molecule has 1 aromatic heterocycles. The number of ether oxygens (including phenoxy) is 3. The van der Waals surface area contributed by atoms with Gasteiger partial charge < -0.3 is 24.1 Å². The van der Waals surface area contributed by atoms with Gasteiger partial charge in [-0.15, -0.1) is 0 Å². The number of benzene rings is 2. The molecular weight excluding hydrogens is 420 g/mol. The predicted molar refractivity (Wildman–Crippen MR) is 117 cm³/mol. The number of halogens is 1. The number of esters is 1. The number of fused-ring (bicyclic) bond motifs is 3. The Hall–Kier alpha value is -3.19. The van der Waals surface area contributed by atoms with Crippen LogP contribution in [0.2, 0.25) is 5.02 Å². The van der Waals surface area contributed by atoms with Crippen LogP contribution in [0.25, 0.3) is 10.9 Å². The highest BCUT2D eigenvalue weighted by atomic mass is 35.5. The number of nitrogens with zero attached hydrogens (tertiary/aromatic N) is 1. The minimum absolute atomic E-state index is 0.146. The number of rotatable bonds is 5. The number of carbonyl (C=O) groups excluding carboxylic acids is 2. The highest BCUT2D eigenvalue weighted by molar-refractivity contribution is 6.32. The third-order valence-electron chi connectivity index (χ3n) is 5.45. The predicted octanol–water partition coefficient (Wildman–Crippen LogP) is 4.21. The largest absolute Gasteiger partial charge is 0.493 e. The molecule has 0 saturated carbocycles. The number of hydrogen-bond acceptors (Lipinski definition) is 5. The average molecular weight is 443 g/mol. The summed E-state index contributed by atoms with van der Waals surface area (Å²) in [6, 6.07) is 8.66. The molecule has 0 aliphatic carbocycles. The molecule has 1 aliphatic heterocycles. The summed E-state index contributed by atoms with van der Waals surface area (Å²) in [5.41, 5.74) is 3.91. The van der Waals surface area contributed by atoms with E-state index >= 15 is 0 Å². The van der Waals surface area contributed by atoms with Gasteiger partial charge in [0.2, 0.25) is 0 Å².